The Labute approximate surface area is 146 Å². The summed E-state index contributed by atoms with van der Waals surface area (Å²) in [5.74, 6) is 0.256. The molecule has 24 heavy (non-hydrogen) atoms. The fourth-order valence-corrected chi connectivity index (χ4v) is 4.99. The van der Waals surface area contributed by atoms with E-state index in [9.17, 15) is 9.59 Å². The Morgan fingerprint density at radius 1 is 1.38 bits per heavy atom. The third kappa shape index (κ3) is 3.09. The molecule has 1 saturated carbocycles. The van der Waals surface area contributed by atoms with Gasteiger partial charge in [-0.05, 0) is 66.6 Å². The van der Waals surface area contributed by atoms with Gasteiger partial charge in [0.2, 0.25) is 11.8 Å². The first-order chi connectivity index (χ1) is 11.7. The van der Waals surface area contributed by atoms with Gasteiger partial charge in [-0.2, -0.15) is 11.3 Å². The molecule has 0 aromatic carbocycles. The van der Waals surface area contributed by atoms with Crippen molar-refractivity contribution in [3.05, 3.63) is 22.4 Å². The molecule has 4 rings (SSSR count). The molecular formula is C18H25N3O2S. The second kappa shape index (κ2) is 6.48. The van der Waals surface area contributed by atoms with E-state index in [0.717, 1.165) is 19.5 Å². The smallest absolute Gasteiger partial charge is 0.228 e. The number of carbonyl (C=O) groups excluding carboxylic acids is 2. The van der Waals surface area contributed by atoms with Gasteiger partial charge in [-0.25, -0.2) is 0 Å². The number of piperidine rings is 2. The van der Waals surface area contributed by atoms with Gasteiger partial charge in [-0.3, -0.25) is 9.59 Å². The SMILES string of the molecule is O=C1CC[C@@H](C(=O)N(Cc2ccsc2)[C@@H]2CC23CCNCC3)CN1. The fourth-order valence-electron chi connectivity index (χ4n) is 4.33. The van der Waals surface area contributed by atoms with Gasteiger partial charge in [0.15, 0.2) is 0 Å². The summed E-state index contributed by atoms with van der Waals surface area (Å²) in [6.07, 6.45) is 4.65. The Balaban J connectivity index is 1.50. The van der Waals surface area contributed by atoms with Gasteiger partial charge in [-0.1, -0.05) is 0 Å². The van der Waals surface area contributed by atoms with Crippen molar-refractivity contribution in [2.24, 2.45) is 11.3 Å². The number of nitrogens with one attached hydrogen (secondary N) is 2. The molecule has 1 aromatic heterocycles. The highest BCUT2D eigenvalue weighted by atomic mass is 32.1. The van der Waals surface area contributed by atoms with Crippen molar-refractivity contribution in [2.45, 2.75) is 44.7 Å². The third-order valence-corrected chi connectivity index (χ3v) is 6.69. The van der Waals surface area contributed by atoms with Crippen LogP contribution in [0, 0.1) is 11.3 Å². The summed E-state index contributed by atoms with van der Waals surface area (Å²) in [6, 6.07) is 2.50. The molecule has 5 nitrogen and oxygen atoms in total. The first-order valence-electron chi connectivity index (χ1n) is 8.97. The summed E-state index contributed by atoms with van der Waals surface area (Å²) in [7, 11) is 0. The predicted octanol–water partition coefficient (Wildman–Crippen LogP) is 1.74. The molecule has 0 radical (unpaired) electrons. The van der Waals surface area contributed by atoms with Crippen molar-refractivity contribution < 1.29 is 9.59 Å². The minimum atomic E-state index is -0.0549. The number of rotatable bonds is 4. The van der Waals surface area contributed by atoms with Crippen molar-refractivity contribution >= 4 is 23.2 Å². The maximum atomic E-state index is 13.2. The predicted molar refractivity (Wildman–Crippen MR) is 93.5 cm³/mol. The maximum absolute atomic E-state index is 13.2. The van der Waals surface area contributed by atoms with E-state index in [0.29, 0.717) is 37.4 Å². The summed E-state index contributed by atoms with van der Waals surface area (Å²) in [6.45, 7) is 3.35. The Hall–Kier alpha value is -1.40. The zero-order valence-corrected chi connectivity index (χ0v) is 14.7. The molecular weight excluding hydrogens is 322 g/mol. The van der Waals surface area contributed by atoms with Crippen LogP contribution in [0.1, 0.15) is 37.7 Å². The lowest BCUT2D eigenvalue weighted by Gasteiger charge is -2.33. The maximum Gasteiger partial charge on any atom is 0.228 e. The first-order valence-corrected chi connectivity index (χ1v) is 9.91. The Morgan fingerprint density at radius 2 is 2.21 bits per heavy atom. The summed E-state index contributed by atoms with van der Waals surface area (Å²) in [5, 5.41) is 10.5. The molecule has 3 heterocycles. The molecule has 130 valence electrons. The Kier molecular flexibility index (Phi) is 4.35. The highest BCUT2D eigenvalue weighted by molar-refractivity contribution is 7.07. The van der Waals surface area contributed by atoms with Gasteiger partial charge in [0.05, 0.1) is 5.92 Å². The van der Waals surface area contributed by atoms with Crippen LogP contribution in [-0.4, -0.2) is 42.4 Å². The largest absolute Gasteiger partial charge is 0.355 e. The lowest BCUT2D eigenvalue weighted by molar-refractivity contribution is -0.139. The monoisotopic (exact) mass is 347 g/mol. The van der Waals surface area contributed by atoms with Crippen LogP contribution in [0.25, 0.3) is 0 Å². The van der Waals surface area contributed by atoms with Crippen LogP contribution in [0.4, 0.5) is 0 Å². The molecule has 2 saturated heterocycles. The summed E-state index contributed by atoms with van der Waals surface area (Å²) >= 11 is 1.68. The van der Waals surface area contributed by atoms with Crippen LogP contribution in [0.2, 0.25) is 0 Å². The van der Waals surface area contributed by atoms with E-state index in [4.69, 9.17) is 0 Å². The molecule has 3 fully saturated rings. The molecule has 1 spiro atoms. The van der Waals surface area contributed by atoms with E-state index < -0.39 is 0 Å². The summed E-state index contributed by atoms with van der Waals surface area (Å²) < 4.78 is 0. The minimum Gasteiger partial charge on any atom is -0.355 e. The number of hydrogen-bond donors (Lipinski definition) is 2. The molecule has 2 N–H and O–H groups in total. The molecule has 1 aliphatic carbocycles. The van der Waals surface area contributed by atoms with Crippen LogP contribution in [-0.2, 0) is 16.1 Å². The molecule has 1 aromatic rings. The minimum absolute atomic E-state index is 0.0549. The Morgan fingerprint density at radius 3 is 2.88 bits per heavy atom. The standard InChI is InChI=1S/C18H25N3O2S/c22-16-2-1-14(10-20-16)17(23)21(11-13-3-8-24-12-13)15-9-18(15)4-6-19-7-5-18/h3,8,12,14-15,19H,1-2,4-7,9-11H2,(H,20,22)/t14-,15-/m1/s1. The highest BCUT2D eigenvalue weighted by Gasteiger charge is 2.58. The number of nitrogens with zero attached hydrogens (tertiary/aromatic N) is 1. The van der Waals surface area contributed by atoms with Crippen molar-refractivity contribution in [1.29, 1.82) is 0 Å². The van der Waals surface area contributed by atoms with Gasteiger partial charge >= 0.3 is 0 Å². The van der Waals surface area contributed by atoms with Crippen LogP contribution >= 0.6 is 11.3 Å². The van der Waals surface area contributed by atoms with E-state index in [1.54, 1.807) is 11.3 Å². The highest BCUT2D eigenvalue weighted by Crippen LogP contribution is 2.56. The van der Waals surface area contributed by atoms with Gasteiger partial charge in [0, 0.05) is 25.6 Å². The molecule has 2 aliphatic heterocycles. The van der Waals surface area contributed by atoms with Gasteiger partial charge in [0.1, 0.15) is 0 Å². The van der Waals surface area contributed by atoms with Crippen molar-refractivity contribution in [2.75, 3.05) is 19.6 Å². The molecule has 6 heteroatoms. The average molecular weight is 347 g/mol. The lowest BCUT2D eigenvalue weighted by atomic mass is 9.92. The molecule has 0 bridgehead atoms. The van der Waals surface area contributed by atoms with Gasteiger partial charge in [-0.15, -0.1) is 0 Å². The average Bonchev–Trinajstić information content (AvgIpc) is 3.04. The molecule has 2 amide bonds. The zero-order valence-electron chi connectivity index (χ0n) is 13.9. The van der Waals surface area contributed by atoms with Crippen LogP contribution in [0.5, 0.6) is 0 Å². The summed E-state index contributed by atoms with van der Waals surface area (Å²) in [4.78, 5) is 26.7. The van der Waals surface area contributed by atoms with E-state index in [-0.39, 0.29) is 17.7 Å². The first kappa shape index (κ1) is 16.1. The Bertz CT molecular complexity index is 600. The van der Waals surface area contributed by atoms with E-state index in [2.05, 4.69) is 32.4 Å². The van der Waals surface area contributed by atoms with Crippen LogP contribution < -0.4 is 10.6 Å². The molecule has 0 unspecified atom stereocenters. The topological polar surface area (TPSA) is 61.4 Å². The number of amides is 2. The van der Waals surface area contributed by atoms with Gasteiger partial charge < -0.3 is 15.5 Å². The van der Waals surface area contributed by atoms with E-state index in [1.165, 1.54) is 18.4 Å². The second-order valence-electron chi connectivity index (χ2n) is 7.47. The quantitative estimate of drug-likeness (QED) is 0.872. The van der Waals surface area contributed by atoms with Crippen molar-refractivity contribution in [1.82, 2.24) is 15.5 Å². The molecule has 3 aliphatic rings. The van der Waals surface area contributed by atoms with Crippen molar-refractivity contribution in [3.63, 3.8) is 0 Å². The van der Waals surface area contributed by atoms with Crippen LogP contribution in [0.15, 0.2) is 16.8 Å². The van der Waals surface area contributed by atoms with Gasteiger partial charge in [0.25, 0.3) is 0 Å². The number of thiophene rings is 1. The molecule has 2 atom stereocenters. The summed E-state index contributed by atoms with van der Waals surface area (Å²) in [5.41, 5.74) is 1.57. The van der Waals surface area contributed by atoms with Crippen LogP contribution in [0.3, 0.4) is 0 Å². The fraction of sp³-hybridized carbons (Fsp3) is 0.667. The third-order valence-electron chi connectivity index (χ3n) is 5.95. The zero-order chi connectivity index (χ0) is 16.6. The number of hydrogen-bond acceptors (Lipinski definition) is 4. The normalized spacial score (nSPS) is 28.4. The lowest BCUT2D eigenvalue weighted by Crippen LogP contribution is -2.47. The van der Waals surface area contributed by atoms with Crippen molar-refractivity contribution in [3.8, 4) is 0 Å². The van der Waals surface area contributed by atoms with E-state index >= 15 is 0 Å². The number of carbonyl (C=O) groups is 2. The van der Waals surface area contributed by atoms with E-state index in [1.807, 2.05) is 0 Å². The second-order valence-corrected chi connectivity index (χ2v) is 8.25.